The van der Waals surface area contributed by atoms with Gasteiger partial charge in [-0.25, -0.2) is 4.98 Å². The molecule has 1 heterocycles. The monoisotopic (exact) mass is 302 g/mol. The molecule has 2 aromatic rings. The number of anilines is 3. The smallest absolute Gasteiger partial charge is 0.229 e. The van der Waals surface area contributed by atoms with Crippen LogP contribution >= 0.6 is 11.6 Å². The summed E-state index contributed by atoms with van der Waals surface area (Å²) in [5.41, 5.74) is 0.885. The van der Waals surface area contributed by atoms with Gasteiger partial charge < -0.3 is 10.6 Å². The molecule has 0 saturated heterocycles. The maximum atomic E-state index is 5.97. The Kier molecular flexibility index (Phi) is 4.55. The second-order valence-corrected chi connectivity index (χ2v) is 5.87. The molecule has 0 unspecified atom stereocenters. The van der Waals surface area contributed by atoms with Gasteiger partial charge >= 0.3 is 0 Å². The molecule has 1 aromatic heterocycles. The fourth-order valence-electron chi connectivity index (χ4n) is 2.68. The largest absolute Gasteiger partial charge is 0.370 e. The summed E-state index contributed by atoms with van der Waals surface area (Å²) in [5.74, 6) is 2.22. The van der Waals surface area contributed by atoms with Crippen molar-refractivity contribution in [2.45, 2.75) is 25.7 Å². The SMILES string of the molecule is Clc1cccc(Nc2nccc(NCC3CCCC3)n2)c1. The fraction of sp³-hybridized carbons (Fsp3) is 0.375. The summed E-state index contributed by atoms with van der Waals surface area (Å²) in [7, 11) is 0. The zero-order chi connectivity index (χ0) is 14.5. The van der Waals surface area contributed by atoms with Crippen LogP contribution in [0, 0.1) is 5.92 Å². The molecule has 3 rings (SSSR count). The number of hydrogen-bond donors (Lipinski definition) is 2. The molecule has 0 spiro atoms. The van der Waals surface area contributed by atoms with Crippen LogP contribution in [-0.2, 0) is 0 Å². The minimum absolute atomic E-state index is 0.577. The van der Waals surface area contributed by atoms with Gasteiger partial charge in [0.15, 0.2) is 0 Å². The van der Waals surface area contributed by atoms with Gasteiger partial charge in [-0.15, -0.1) is 0 Å². The zero-order valence-corrected chi connectivity index (χ0v) is 12.6. The van der Waals surface area contributed by atoms with Gasteiger partial charge in [-0.05, 0) is 43.0 Å². The highest BCUT2D eigenvalue weighted by molar-refractivity contribution is 6.30. The molecule has 0 atom stereocenters. The van der Waals surface area contributed by atoms with Crippen molar-refractivity contribution in [2.75, 3.05) is 17.2 Å². The minimum Gasteiger partial charge on any atom is -0.370 e. The number of halogens is 1. The van der Waals surface area contributed by atoms with E-state index in [0.29, 0.717) is 11.0 Å². The van der Waals surface area contributed by atoms with E-state index < -0.39 is 0 Å². The molecule has 1 aliphatic rings. The standard InChI is InChI=1S/C16H19ClN4/c17-13-6-3-7-14(10-13)20-16-18-9-8-15(21-16)19-11-12-4-1-2-5-12/h3,6-10,12H,1-2,4-5,11H2,(H2,18,19,20,21). The first-order valence-electron chi connectivity index (χ1n) is 7.39. The molecule has 0 bridgehead atoms. The van der Waals surface area contributed by atoms with E-state index in [-0.39, 0.29) is 0 Å². The summed E-state index contributed by atoms with van der Waals surface area (Å²) < 4.78 is 0. The minimum atomic E-state index is 0.577. The molecule has 2 N–H and O–H groups in total. The van der Waals surface area contributed by atoms with E-state index in [1.807, 2.05) is 30.3 Å². The van der Waals surface area contributed by atoms with E-state index in [4.69, 9.17) is 11.6 Å². The molecule has 0 amide bonds. The second-order valence-electron chi connectivity index (χ2n) is 5.43. The van der Waals surface area contributed by atoms with Gasteiger partial charge in [0.25, 0.3) is 0 Å². The quantitative estimate of drug-likeness (QED) is 0.855. The molecule has 4 nitrogen and oxygen atoms in total. The number of nitrogens with one attached hydrogen (secondary N) is 2. The van der Waals surface area contributed by atoms with Gasteiger partial charge in [0.1, 0.15) is 5.82 Å². The highest BCUT2D eigenvalue weighted by atomic mass is 35.5. The third kappa shape index (κ3) is 4.08. The third-order valence-electron chi connectivity index (χ3n) is 3.78. The Bertz CT molecular complexity index is 596. The number of benzene rings is 1. The van der Waals surface area contributed by atoms with Crippen molar-refractivity contribution >= 4 is 29.1 Å². The average molecular weight is 303 g/mol. The van der Waals surface area contributed by atoms with E-state index >= 15 is 0 Å². The van der Waals surface area contributed by atoms with Crippen LogP contribution in [-0.4, -0.2) is 16.5 Å². The Morgan fingerprint density at radius 3 is 2.86 bits per heavy atom. The summed E-state index contributed by atoms with van der Waals surface area (Å²) in [6, 6.07) is 9.43. The van der Waals surface area contributed by atoms with Crippen molar-refractivity contribution in [1.29, 1.82) is 0 Å². The number of hydrogen-bond acceptors (Lipinski definition) is 4. The van der Waals surface area contributed by atoms with Crippen molar-refractivity contribution in [2.24, 2.45) is 5.92 Å². The summed E-state index contributed by atoms with van der Waals surface area (Å²) in [5, 5.41) is 7.26. The van der Waals surface area contributed by atoms with Gasteiger partial charge in [0, 0.05) is 23.5 Å². The lowest BCUT2D eigenvalue weighted by molar-refractivity contribution is 0.579. The molecule has 110 valence electrons. The van der Waals surface area contributed by atoms with Crippen LogP contribution in [0.15, 0.2) is 36.5 Å². The lowest BCUT2D eigenvalue weighted by Gasteiger charge is -2.12. The molecule has 1 fully saturated rings. The van der Waals surface area contributed by atoms with Crippen molar-refractivity contribution in [3.63, 3.8) is 0 Å². The summed E-state index contributed by atoms with van der Waals surface area (Å²) in [6.45, 7) is 0.994. The lowest BCUT2D eigenvalue weighted by atomic mass is 10.1. The molecular weight excluding hydrogens is 284 g/mol. The van der Waals surface area contributed by atoms with E-state index in [2.05, 4.69) is 20.6 Å². The molecule has 21 heavy (non-hydrogen) atoms. The second kappa shape index (κ2) is 6.76. The summed E-state index contributed by atoms with van der Waals surface area (Å²) in [6.07, 6.45) is 7.13. The van der Waals surface area contributed by atoms with Crippen LogP contribution in [0.25, 0.3) is 0 Å². The summed E-state index contributed by atoms with van der Waals surface area (Å²) >= 11 is 5.97. The predicted octanol–water partition coefficient (Wildman–Crippen LogP) is 4.48. The first-order valence-corrected chi connectivity index (χ1v) is 7.77. The van der Waals surface area contributed by atoms with Gasteiger partial charge in [-0.2, -0.15) is 4.98 Å². The zero-order valence-electron chi connectivity index (χ0n) is 11.8. The summed E-state index contributed by atoms with van der Waals surface area (Å²) in [4.78, 5) is 8.72. The maximum absolute atomic E-state index is 5.97. The van der Waals surface area contributed by atoms with Crippen LogP contribution < -0.4 is 10.6 Å². The fourth-order valence-corrected chi connectivity index (χ4v) is 2.87. The van der Waals surface area contributed by atoms with Gasteiger partial charge in [-0.1, -0.05) is 30.5 Å². The maximum Gasteiger partial charge on any atom is 0.229 e. The Hall–Kier alpha value is -1.81. The molecule has 1 saturated carbocycles. The third-order valence-corrected chi connectivity index (χ3v) is 4.02. The van der Waals surface area contributed by atoms with Gasteiger partial charge in [-0.3, -0.25) is 0 Å². The Morgan fingerprint density at radius 1 is 1.19 bits per heavy atom. The number of rotatable bonds is 5. The van der Waals surface area contributed by atoms with Crippen LogP contribution in [0.3, 0.4) is 0 Å². The molecule has 0 aliphatic heterocycles. The van der Waals surface area contributed by atoms with Crippen molar-refractivity contribution in [3.05, 3.63) is 41.6 Å². The molecule has 1 aromatic carbocycles. The van der Waals surface area contributed by atoms with E-state index in [1.165, 1.54) is 25.7 Å². The average Bonchev–Trinajstić information content (AvgIpc) is 2.99. The van der Waals surface area contributed by atoms with Gasteiger partial charge in [0.05, 0.1) is 0 Å². The Morgan fingerprint density at radius 2 is 2.05 bits per heavy atom. The Balaban J connectivity index is 1.62. The molecule has 5 heteroatoms. The highest BCUT2D eigenvalue weighted by Gasteiger charge is 2.14. The molecular formula is C16H19ClN4. The van der Waals surface area contributed by atoms with Crippen molar-refractivity contribution in [3.8, 4) is 0 Å². The van der Waals surface area contributed by atoms with Crippen LogP contribution in [0.4, 0.5) is 17.5 Å². The van der Waals surface area contributed by atoms with E-state index in [0.717, 1.165) is 24.0 Å². The highest BCUT2D eigenvalue weighted by Crippen LogP contribution is 2.25. The number of nitrogens with zero attached hydrogens (tertiary/aromatic N) is 2. The first-order chi connectivity index (χ1) is 10.3. The van der Waals surface area contributed by atoms with Crippen LogP contribution in [0.2, 0.25) is 5.02 Å². The molecule has 1 aliphatic carbocycles. The topological polar surface area (TPSA) is 49.8 Å². The molecule has 0 radical (unpaired) electrons. The lowest BCUT2D eigenvalue weighted by Crippen LogP contribution is -2.12. The van der Waals surface area contributed by atoms with Crippen molar-refractivity contribution in [1.82, 2.24) is 9.97 Å². The first kappa shape index (κ1) is 14.1. The van der Waals surface area contributed by atoms with E-state index in [9.17, 15) is 0 Å². The van der Waals surface area contributed by atoms with Crippen LogP contribution in [0.1, 0.15) is 25.7 Å². The van der Waals surface area contributed by atoms with Crippen LogP contribution in [0.5, 0.6) is 0 Å². The Labute approximate surface area is 130 Å². The predicted molar refractivity (Wildman–Crippen MR) is 87.2 cm³/mol. The van der Waals surface area contributed by atoms with Gasteiger partial charge in [0.2, 0.25) is 5.95 Å². The number of aromatic nitrogens is 2. The normalized spacial score (nSPS) is 15.1. The van der Waals surface area contributed by atoms with Crippen molar-refractivity contribution < 1.29 is 0 Å². The van der Waals surface area contributed by atoms with E-state index in [1.54, 1.807) is 6.20 Å².